The zero-order valence-corrected chi connectivity index (χ0v) is 15.2. The van der Waals surface area contributed by atoms with Crippen LogP contribution < -0.4 is 10.0 Å². The number of hydrogen-bond donors (Lipinski definition) is 2. The molecule has 8 heteroatoms. The van der Waals surface area contributed by atoms with Crippen LogP contribution >= 0.6 is 0 Å². The van der Waals surface area contributed by atoms with E-state index in [0.717, 1.165) is 17.2 Å². The molecule has 136 valence electrons. The fraction of sp³-hybridized carbons (Fsp3) is 0.222. The van der Waals surface area contributed by atoms with Gasteiger partial charge in [-0.3, -0.25) is 9.52 Å². The summed E-state index contributed by atoms with van der Waals surface area (Å²) >= 11 is 0. The zero-order chi connectivity index (χ0) is 18.7. The smallest absolute Gasteiger partial charge is 0.229 e. The van der Waals surface area contributed by atoms with E-state index in [1.807, 2.05) is 31.2 Å². The Morgan fingerprint density at radius 2 is 1.96 bits per heavy atom. The van der Waals surface area contributed by atoms with Crippen LogP contribution in [0.2, 0.25) is 0 Å². The number of amides is 1. The summed E-state index contributed by atoms with van der Waals surface area (Å²) in [6.07, 6.45) is 1.19. The number of aromatic nitrogens is 1. The van der Waals surface area contributed by atoms with E-state index >= 15 is 0 Å². The highest BCUT2D eigenvalue weighted by atomic mass is 32.2. The summed E-state index contributed by atoms with van der Waals surface area (Å²) in [5.41, 5.74) is 2.46. The Bertz CT molecular complexity index is 1040. The van der Waals surface area contributed by atoms with Crippen molar-refractivity contribution in [3.05, 3.63) is 59.8 Å². The van der Waals surface area contributed by atoms with E-state index in [9.17, 15) is 13.2 Å². The highest BCUT2D eigenvalue weighted by Gasteiger charge is 2.15. The van der Waals surface area contributed by atoms with E-state index in [2.05, 4.69) is 15.2 Å². The Labute approximate surface area is 151 Å². The van der Waals surface area contributed by atoms with Gasteiger partial charge in [-0.15, -0.1) is 0 Å². The molecule has 0 aliphatic heterocycles. The molecule has 0 bridgehead atoms. The molecular formula is C18H19N3O4S. The summed E-state index contributed by atoms with van der Waals surface area (Å²) in [4.78, 5) is 12.3. The maximum atomic E-state index is 12.3. The Kier molecular flexibility index (Phi) is 4.94. The van der Waals surface area contributed by atoms with Crippen molar-refractivity contribution in [2.75, 3.05) is 11.0 Å². The van der Waals surface area contributed by atoms with Crippen LogP contribution in [0.1, 0.15) is 24.2 Å². The van der Waals surface area contributed by atoms with Gasteiger partial charge in [0.25, 0.3) is 0 Å². The van der Waals surface area contributed by atoms with Crippen molar-refractivity contribution in [3.8, 4) is 0 Å². The van der Waals surface area contributed by atoms with Crippen molar-refractivity contribution in [2.24, 2.45) is 0 Å². The van der Waals surface area contributed by atoms with E-state index in [-0.39, 0.29) is 18.4 Å². The van der Waals surface area contributed by atoms with Crippen LogP contribution in [0.4, 0.5) is 5.69 Å². The molecule has 0 aliphatic carbocycles. The Balaban J connectivity index is 1.68. The van der Waals surface area contributed by atoms with Crippen LogP contribution in [0.15, 0.2) is 53.1 Å². The van der Waals surface area contributed by atoms with Crippen molar-refractivity contribution in [2.45, 2.75) is 19.4 Å². The van der Waals surface area contributed by atoms with Gasteiger partial charge in [0.1, 0.15) is 5.69 Å². The number of hydrogen-bond acceptors (Lipinski definition) is 5. The van der Waals surface area contributed by atoms with Crippen molar-refractivity contribution in [1.29, 1.82) is 0 Å². The van der Waals surface area contributed by atoms with E-state index < -0.39 is 10.0 Å². The summed E-state index contributed by atoms with van der Waals surface area (Å²) < 4.78 is 30.3. The van der Waals surface area contributed by atoms with Gasteiger partial charge in [-0.2, -0.15) is 0 Å². The molecule has 2 N–H and O–H groups in total. The molecule has 26 heavy (non-hydrogen) atoms. The minimum Gasteiger partial charge on any atom is -0.356 e. The lowest BCUT2D eigenvalue weighted by atomic mass is 10.1. The number of carbonyl (C=O) groups excluding carboxylic acids is 1. The monoisotopic (exact) mass is 373 g/mol. The van der Waals surface area contributed by atoms with Gasteiger partial charge in [0.15, 0.2) is 5.58 Å². The van der Waals surface area contributed by atoms with Crippen molar-refractivity contribution in [3.63, 3.8) is 0 Å². The average molecular weight is 373 g/mol. The zero-order valence-electron chi connectivity index (χ0n) is 14.4. The van der Waals surface area contributed by atoms with Gasteiger partial charge in [-0.25, -0.2) is 8.42 Å². The third kappa shape index (κ3) is 4.40. The molecule has 1 amide bonds. The molecule has 3 rings (SSSR count). The van der Waals surface area contributed by atoms with Gasteiger partial charge in [0.2, 0.25) is 15.9 Å². The Hall–Kier alpha value is -2.87. The maximum Gasteiger partial charge on any atom is 0.229 e. The largest absolute Gasteiger partial charge is 0.356 e. The molecule has 1 aromatic heterocycles. The molecule has 0 aliphatic rings. The van der Waals surface area contributed by atoms with E-state index in [0.29, 0.717) is 17.0 Å². The van der Waals surface area contributed by atoms with Gasteiger partial charge in [-0.05, 0) is 36.8 Å². The second-order valence-corrected chi connectivity index (χ2v) is 7.84. The van der Waals surface area contributed by atoms with Crippen LogP contribution in [-0.2, 0) is 21.2 Å². The number of nitrogens with one attached hydrogen (secondary N) is 2. The molecule has 0 spiro atoms. The van der Waals surface area contributed by atoms with Gasteiger partial charge in [0, 0.05) is 11.1 Å². The fourth-order valence-corrected chi connectivity index (χ4v) is 3.23. The van der Waals surface area contributed by atoms with Crippen LogP contribution in [0, 0.1) is 0 Å². The van der Waals surface area contributed by atoms with Gasteiger partial charge < -0.3 is 9.84 Å². The molecule has 7 nitrogen and oxygen atoms in total. The highest BCUT2D eigenvalue weighted by Crippen LogP contribution is 2.20. The molecule has 0 saturated carbocycles. The van der Waals surface area contributed by atoms with Crippen molar-refractivity contribution < 1.29 is 17.7 Å². The van der Waals surface area contributed by atoms with E-state index in [1.54, 1.807) is 24.3 Å². The van der Waals surface area contributed by atoms with Crippen LogP contribution in [-0.4, -0.2) is 25.7 Å². The SMILES string of the molecule is C[C@@H](NC(=O)Cc1noc2ccccc12)c1cccc(NS(C)(=O)=O)c1. The average Bonchev–Trinajstić information content (AvgIpc) is 2.96. The van der Waals surface area contributed by atoms with Crippen LogP contribution in [0.25, 0.3) is 11.0 Å². The normalized spacial score (nSPS) is 12.7. The summed E-state index contributed by atoms with van der Waals surface area (Å²) in [6.45, 7) is 1.83. The predicted octanol–water partition coefficient (Wildman–Crippen LogP) is 2.62. The number of carbonyl (C=O) groups is 1. The van der Waals surface area contributed by atoms with Crippen LogP contribution in [0.5, 0.6) is 0 Å². The summed E-state index contributed by atoms with van der Waals surface area (Å²) in [7, 11) is -3.35. The number of rotatable bonds is 6. The molecule has 3 aromatic rings. The Morgan fingerprint density at radius 1 is 1.19 bits per heavy atom. The van der Waals surface area contributed by atoms with Crippen molar-refractivity contribution >= 4 is 32.6 Å². The van der Waals surface area contributed by atoms with Gasteiger partial charge in [0.05, 0.1) is 18.7 Å². The highest BCUT2D eigenvalue weighted by molar-refractivity contribution is 7.92. The first-order chi connectivity index (χ1) is 12.3. The first-order valence-corrected chi connectivity index (χ1v) is 9.91. The number of anilines is 1. The fourth-order valence-electron chi connectivity index (χ4n) is 2.68. The second-order valence-electron chi connectivity index (χ2n) is 6.09. The molecule has 0 radical (unpaired) electrons. The lowest BCUT2D eigenvalue weighted by molar-refractivity contribution is -0.121. The minimum atomic E-state index is -3.35. The number of nitrogens with zero attached hydrogens (tertiary/aromatic N) is 1. The number of para-hydroxylation sites is 1. The van der Waals surface area contributed by atoms with E-state index in [1.165, 1.54) is 0 Å². The summed E-state index contributed by atoms with van der Waals surface area (Å²) in [5.74, 6) is -0.196. The lowest BCUT2D eigenvalue weighted by Crippen LogP contribution is -2.28. The third-order valence-corrected chi connectivity index (χ3v) is 4.45. The number of sulfonamides is 1. The second kappa shape index (κ2) is 7.17. The molecule has 0 unspecified atom stereocenters. The van der Waals surface area contributed by atoms with Crippen molar-refractivity contribution in [1.82, 2.24) is 10.5 Å². The summed E-state index contributed by atoms with van der Waals surface area (Å²) in [6, 6.07) is 14.0. The quantitative estimate of drug-likeness (QED) is 0.692. The maximum absolute atomic E-state index is 12.3. The molecular weight excluding hydrogens is 354 g/mol. The summed E-state index contributed by atoms with van der Waals surface area (Å²) in [5, 5.41) is 7.66. The number of fused-ring (bicyclic) bond motifs is 1. The standard InChI is InChI=1S/C18H19N3O4S/c1-12(13-6-5-7-14(10-13)21-26(2,23)24)19-18(22)11-16-15-8-3-4-9-17(15)25-20-16/h3-10,12,21H,11H2,1-2H3,(H,19,22)/t12-/m1/s1. The molecule has 0 fully saturated rings. The van der Waals surface area contributed by atoms with Gasteiger partial charge in [-0.1, -0.05) is 29.4 Å². The molecule has 1 atom stereocenters. The molecule has 2 aromatic carbocycles. The molecule has 0 saturated heterocycles. The van der Waals surface area contributed by atoms with Crippen LogP contribution in [0.3, 0.4) is 0 Å². The van der Waals surface area contributed by atoms with E-state index in [4.69, 9.17) is 4.52 Å². The minimum absolute atomic E-state index is 0.0998. The first kappa shape index (κ1) is 17.9. The molecule has 1 heterocycles. The third-order valence-electron chi connectivity index (χ3n) is 3.85. The van der Waals surface area contributed by atoms with Gasteiger partial charge >= 0.3 is 0 Å². The predicted molar refractivity (Wildman–Crippen MR) is 99.2 cm³/mol. The first-order valence-electron chi connectivity index (χ1n) is 8.02. The topological polar surface area (TPSA) is 101 Å². The lowest BCUT2D eigenvalue weighted by Gasteiger charge is -2.15. The Morgan fingerprint density at radius 3 is 2.73 bits per heavy atom. The number of benzene rings is 2.